The summed E-state index contributed by atoms with van der Waals surface area (Å²) >= 11 is 1.26. The van der Waals surface area contributed by atoms with Crippen LogP contribution in [0.1, 0.15) is 26.6 Å². The molecule has 0 fully saturated rings. The van der Waals surface area contributed by atoms with E-state index in [1.807, 2.05) is 18.2 Å². The lowest BCUT2D eigenvalue weighted by Gasteiger charge is -2.05. The summed E-state index contributed by atoms with van der Waals surface area (Å²) in [5, 5.41) is 13.9. The molecule has 1 aromatic heterocycles. The summed E-state index contributed by atoms with van der Waals surface area (Å²) in [5.41, 5.74) is 1.87. The summed E-state index contributed by atoms with van der Waals surface area (Å²) in [7, 11) is 0. The van der Waals surface area contributed by atoms with Crippen LogP contribution in [0, 0.1) is 23.7 Å². The Kier molecular flexibility index (Phi) is 4.49. The molecule has 98 valence electrons. The molecule has 0 unspecified atom stereocenters. The minimum absolute atomic E-state index is 0.253. The molecule has 1 amide bonds. The molecule has 2 rings (SSSR count). The molecule has 0 aliphatic rings. The molecule has 5 heteroatoms. The minimum Gasteiger partial charge on any atom is -0.350 e. The first kappa shape index (κ1) is 13.8. The Hall–Kier alpha value is -2.63. The SMILES string of the molecule is C#Cc1nc(C(=O)NCCc2ccccc2C#N)cs1. The largest absolute Gasteiger partial charge is 0.350 e. The molecule has 2 aromatic rings. The third-order valence-corrected chi connectivity index (χ3v) is 3.45. The van der Waals surface area contributed by atoms with Crippen LogP contribution in [-0.2, 0) is 6.42 Å². The second-order valence-corrected chi connectivity index (χ2v) is 4.82. The zero-order chi connectivity index (χ0) is 14.4. The van der Waals surface area contributed by atoms with Gasteiger partial charge in [0.2, 0.25) is 0 Å². The van der Waals surface area contributed by atoms with E-state index in [2.05, 4.69) is 22.3 Å². The number of hydrogen-bond donors (Lipinski definition) is 1. The van der Waals surface area contributed by atoms with E-state index in [0.29, 0.717) is 29.2 Å². The molecule has 0 bridgehead atoms. The molecule has 0 radical (unpaired) electrons. The molecule has 1 aromatic carbocycles. The van der Waals surface area contributed by atoms with Gasteiger partial charge in [0.15, 0.2) is 5.01 Å². The highest BCUT2D eigenvalue weighted by atomic mass is 32.1. The second kappa shape index (κ2) is 6.51. The van der Waals surface area contributed by atoms with Crippen molar-refractivity contribution in [3.05, 3.63) is 51.5 Å². The van der Waals surface area contributed by atoms with Crippen molar-refractivity contribution in [1.29, 1.82) is 5.26 Å². The molecule has 0 aliphatic carbocycles. The van der Waals surface area contributed by atoms with E-state index in [4.69, 9.17) is 11.7 Å². The summed E-state index contributed by atoms with van der Waals surface area (Å²) in [5.74, 6) is 2.14. The fourth-order valence-corrected chi connectivity index (χ4v) is 2.30. The number of carbonyl (C=O) groups is 1. The Morgan fingerprint density at radius 2 is 2.25 bits per heavy atom. The number of amides is 1. The number of nitriles is 1. The third kappa shape index (κ3) is 3.23. The number of hydrogen-bond acceptors (Lipinski definition) is 4. The van der Waals surface area contributed by atoms with E-state index in [-0.39, 0.29) is 5.91 Å². The van der Waals surface area contributed by atoms with Crippen molar-refractivity contribution in [2.24, 2.45) is 0 Å². The van der Waals surface area contributed by atoms with Gasteiger partial charge in [-0.15, -0.1) is 17.8 Å². The van der Waals surface area contributed by atoms with E-state index in [0.717, 1.165) is 5.56 Å². The molecule has 0 spiro atoms. The zero-order valence-corrected chi connectivity index (χ0v) is 11.4. The van der Waals surface area contributed by atoms with Gasteiger partial charge in [0.05, 0.1) is 11.6 Å². The zero-order valence-electron chi connectivity index (χ0n) is 10.6. The van der Waals surface area contributed by atoms with Crippen molar-refractivity contribution in [2.45, 2.75) is 6.42 Å². The van der Waals surface area contributed by atoms with E-state index in [1.54, 1.807) is 11.4 Å². The number of nitrogens with zero attached hydrogens (tertiary/aromatic N) is 2. The first-order valence-corrected chi connectivity index (χ1v) is 6.81. The van der Waals surface area contributed by atoms with E-state index in [1.165, 1.54) is 11.3 Å². The smallest absolute Gasteiger partial charge is 0.270 e. The number of benzene rings is 1. The van der Waals surface area contributed by atoms with Gasteiger partial charge in [-0.1, -0.05) is 18.2 Å². The average molecular weight is 281 g/mol. The fraction of sp³-hybridized carbons (Fsp3) is 0.133. The number of nitrogens with one attached hydrogen (secondary N) is 1. The molecule has 20 heavy (non-hydrogen) atoms. The highest BCUT2D eigenvalue weighted by Gasteiger charge is 2.09. The van der Waals surface area contributed by atoms with E-state index in [9.17, 15) is 4.79 Å². The topological polar surface area (TPSA) is 65.8 Å². The lowest BCUT2D eigenvalue weighted by molar-refractivity contribution is 0.0950. The van der Waals surface area contributed by atoms with Crippen molar-refractivity contribution in [3.8, 4) is 18.4 Å². The lowest BCUT2D eigenvalue weighted by Crippen LogP contribution is -2.26. The average Bonchev–Trinajstić information content (AvgIpc) is 2.96. The van der Waals surface area contributed by atoms with Gasteiger partial charge in [-0.05, 0) is 24.0 Å². The Labute approximate surface area is 121 Å². The molecule has 0 saturated carbocycles. The molecular weight excluding hydrogens is 270 g/mol. The number of aromatic nitrogens is 1. The van der Waals surface area contributed by atoms with Gasteiger partial charge < -0.3 is 5.32 Å². The Bertz CT molecular complexity index is 706. The Morgan fingerprint density at radius 3 is 2.95 bits per heavy atom. The maximum absolute atomic E-state index is 11.8. The quantitative estimate of drug-likeness (QED) is 0.871. The Morgan fingerprint density at radius 1 is 1.45 bits per heavy atom. The molecule has 4 nitrogen and oxygen atoms in total. The number of carbonyl (C=O) groups excluding carboxylic acids is 1. The molecule has 1 N–H and O–H groups in total. The van der Waals surface area contributed by atoms with Gasteiger partial charge in [0.25, 0.3) is 5.91 Å². The van der Waals surface area contributed by atoms with Crippen LogP contribution in [0.25, 0.3) is 0 Å². The second-order valence-electron chi connectivity index (χ2n) is 3.96. The summed E-state index contributed by atoms with van der Waals surface area (Å²) < 4.78 is 0. The van der Waals surface area contributed by atoms with Gasteiger partial charge in [-0.25, -0.2) is 4.98 Å². The normalized spacial score (nSPS) is 9.50. The fourth-order valence-electron chi connectivity index (χ4n) is 1.69. The number of thiazole rings is 1. The van der Waals surface area contributed by atoms with Crippen LogP contribution in [0.2, 0.25) is 0 Å². The highest BCUT2D eigenvalue weighted by Crippen LogP contribution is 2.09. The van der Waals surface area contributed by atoms with Crippen LogP contribution in [-0.4, -0.2) is 17.4 Å². The molecular formula is C15H11N3OS. The maximum atomic E-state index is 11.8. The van der Waals surface area contributed by atoms with E-state index < -0.39 is 0 Å². The van der Waals surface area contributed by atoms with Crippen molar-refractivity contribution in [3.63, 3.8) is 0 Å². The van der Waals surface area contributed by atoms with Crippen LogP contribution in [0.3, 0.4) is 0 Å². The first-order chi connectivity index (χ1) is 9.74. The lowest BCUT2D eigenvalue weighted by atomic mass is 10.1. The summed E-state index contributed by atoms with van der Waals surface area (Å²) in [4.78, 5) is 15.8. The highest BCUT2D eigenvalue weighted by molar-refractivity contribution is 7.10. The van der Waals surface area contributed by atoms with Gasteiger partial charge in [-0.3, -0.25) is 4.79 Å². The van der Waals surface area contributed by atoms with Gasteiger partial charge in [-0.2, -0.15) is 5.26 Å². The van der Waals surface area contributed by atoms with Crippen LogP contribution in [0.5, 0.6) is 0 Å². The van der Waals surface area contributed by atoms with Gasteiger partial charge in [0.1, 0.15) is 5.69 Å². The standard InChI is InChI=1S/C15H11N3OS/c1-2-14-18-13(10-20-14)15(19)17-8-7-11-5-3-4-6-12(11)9-16/h1,3-6,10H,7-8H2,(H,17,19). The molecule has 1 heterocycles. The van der Waals surface area contributed by atoms with Crippen LogP contribution < -0.4 is 5.32 Å². The monoisotopic (exact) mass is 281 g/mol. The molecule has 0 saturated heterocycles. The van der Waals surface area contributed by atoms with Crippen LogP contribution in [0.4, 0.5) is 0 Å². The number of terminal acetylenes is 1. The van der Waals surface area contributed by atoms with Crippen LogP contribution in [0.15, 0.2) is 29.6 Å². The van der Waals surface area contributed by atoms with Gasteiger partial charge in [0, 0.05) is 11.9 Å². The predicted octanol–water partition coefficient (Wildman–Crippen LogP) is 1.97. The van der Waals surface area contributed by atoms with Crippen molar-refractivity contribution in [1.82, 2.24) is 10.3 Å². The number of rotatable bonds is 4. The molecule has 0 aliphatic heterocycles. The van der Waals surface area contributed by atoms with Crippen LogP contribution >= 0.6 is 11.3 Å². The first-order valence-electron chi connectivity index (χ1n) is 5.93. The van der Waals surface area contributed by atoms with Crippen molar-refractivity contribution in [2.75, 3.05) is 6.54 Å². The van der Waals surface area contributed by atoms with E-state index >= 15 is 0 Å². The van der Waals surface area contributed by atoms with Crippen molar-refractivity contribution >= 4 is 17.2 Å². The maximum Gasteiger partial charge on any atom is 0.270 e. The minimum atomic E-state index is -0.253. The molecule has 0 atom stereocenters. The Balaban J connectivity index is 1.92. The summed E-state index contributed by atoms with van der Waals surface area (Å²) in [6, 6.07) is 9.46. The summed E-state index contributed by atoms with van der Waals surface area (Å²) in [6.07, 6.45) is 5.81. The third-order valence-electron chi connectivity index (χ3n) is 2.68. The summed E-state index contributed by atoms with van der Waals surface area (Å²) in [6.45, 7) is 0.445. The van der Waals surface area contributed by atoms with Gasteiger partial charge >= 0.3 is 0 Å². The predicted molar refractivity (Wildman–Crippen MR) is 77.2 cm³/mol. The van der Waals surface area contributed by atoms with Crippen molar-refractivity contribution < 1.29 is 4.79 Å².